The highest BCUT2D eigenvalue weighted by atomic mass is 16.2. The molecule has 0 fully saturated rings. The Labute approximate surface area is 99.8 Å². The molecule has 0 aromatic carbocycles. The van der Waals surface area contributed by atoms with Crippen LogP contribution in [0, 0.1) is 0 Å². The average molecular weight is 239 g/mol. The summed E-state index contributed by atoms with van der Waals surface area (Å²) >= 11 is 0. The Morgan fingerprint density at radius 3 is 3.00 bits per heavy atom. The minimum atomic E-state index is -0.107. The molecule has 0 saturated carbocycles. The van der Waals surface area contributed by atoms with Crippen molar-refractivity contribution in [1.82, 2.24) is 25.2 Å². The molecule has 1 heterocycles. The Bertz CT molecular complexity index is 377. The van der Waals surface area contributed by atoms with E-state index in [4.69, 9.17) is 0 Å². The van der Waals surface area contributed by atoms with Gasteiger partial charge in [0.05, 0.1) is 12.7 Å². The third kappa shape index (κ3) is 4.62. The predicted molar refractivity (Wildman–Crippen MR) is 60.9 cm³/mol. The zero-order valence-corrected chi connectivity index (χ0v) is 10.1. The van der Waals surface area contributed by atoms with E-state index >= 15 is 0 Å². The maximum absolute atomic E-state index is 11.4. The molecule has 1 aromatic heterocycles. The van der Waals surface area contributed by atoms with Gasteiger partial charge in [0.25, 0.3) is 0 Å². The molecule has 7 heteroatoms. The lowest BCUT2D eigenvalue weighted by Crippen LogP contribution is -2.28. The molecule has 94 valence electrons. The van der Waals surface area contributed by atoms with Gasteiger partial charge in [0.1, 0.15) is 5.69 Å². The van der Waals surface area contributed by atoms with Crippen molar-refractivity contribution < 1.29 is 9.59 Å². The number of aromatic nitrogens is 3. The standard InChI is InChI=1S/C10H17N5O2/c1-3-15-7-9(12-13-15)6-11-10(17)4-5-14(2)8-16/h7-8H,3-6H2,1-2H3,(H,11,17). The van der Waals surface area contributed by atoms with Gasteiger partial charge in [-0.2, -0.15) is 0 Å². The Hall–Kier alpha value is -1.92. The van der Waals surface area contributed by atoms with Crippen LogP contribution in [0.2, 0.25) is 0 Å². The molecule has 0 saturated heterocycles. The molecule has 2 amide bonds. The number of carbonyl (C=O) groups excluding carboxylic acids is 2. The van der Waals surface area contributed by atoms with Gasteiger partial charge in [-0.05, 0) is 6.92 Å². The van der Waals surface area contributed by atoms with Crippen molar-refractivity contribution in [2.45, 2.75) is 26.4 Å². The molecular formula is C10H17N5O2. The highest BCUT2D eigenvalue weighted by Gasteiger charge is 2.05. The van der Waals surface area contributed by atoms with E-state index < -0.39 is 0 Å². The minimum absolute atomic E-state index is 0.107. The van der Waals surface area contributed by atoms with E-state index in [-0.39, 0.29) is 12.3 Å². The van der Waals surface area contributed by atoms with Gasteiger partial charge in [-0.1, -0.05) is 5.21 Å². The SMILES string of the molecule is CCn1cc(CNC(=O)CCN(C)C=O)nn1. The van der Waals surface area contributed by atoms with E-state index in [0.717, 1.165) is 12.2 Å². The molecule has 1 aromatic rings. The first-order valence-electron chi connectivity index (χ1n) is 5.47. The first-order chi connectivity index (χ1) is 8.15. The van der Waals surface area contributed by atoms with Crippen LogP contribution >= 0.6 is 0 Å². The molecule has 0 bridgehead atoms. The van der Waals surface area contributed by atoms with Crippen molar-refractivity contribution in [1.29, 1.82) is 0 Å². The van der Waals surface area contributed by atoms with Gasteiger partial charge in [-0.25, -0.2) is 0 Å². The molecule has 0 radical (unpaired) electrons. The second-order valence-corrected chi connectivity index (χ2v) is 3.68. The van der Waals surface area contributed by atoms with Crippen molar-refractivity contribution >= 4 is 12.3 Å². The Morgan fingerprint density at radius 2 is 2.41 bits per heavy atom. The zero-order valence-electron chi connectivity index (χ0n) is 10.1. The molecule has 0 atom stereocenters. The maximum Gasteiger partial charge on any atom is 0.222 e. The summed E-state index contributed by atoms with van der Waals surface area (Å²) < 4.78 is 1.70. The summed E-state index contributed by atoms with van der Waals surface area (Å²) in [5.41, 5.74) is 0.726. The van der Waals surface area contributed by atoms with Crippen LogP contribution in [0.5, 0.6) is 0 Å². The van der Waals surface area contributed by atoms with Crippen LogP contribution in [-0.4, -0.2) is 45.8 Å². The van der Waals surface area contributed by atoms with Crippen LogP contribution in [0.3, 0.4) is 0 Å². The average Bonchev–Trinajstić information content (AvgIpc) is 2.81. The van der Waals surface area contributed by atoms with E-state index in [1.54, 1.807) is 17.9 Å². The van der Waals surface area contributed by atoms with E-state index in [1.807, 2.05) is 6.92 Å². The number of hydrogen-bond donors (Lipinski definition) is 1. The molecule has 17 heavy (non-hydrogen) atoms. The highest BCUT2D eigenvalue weighted by molar-refractivity contribution is 5.76. The molecule has 0 aliphatic heterocycles. The van der Waals surface area contributed by atoms with Gasteiger partial charge in [0.15, 0.2) is 0 Å². The lowest BCUT2D eigenvalue weighted by Gasteiger charge is -2.09. The van der Waals surface area contributed by atoms with Crippen molar-refractivity contribution in [2.24, 2.45) is 0 Å². The van der Waals surface area contributed by atoms with Crippen LogP contribution in [-0.2, 0) is 22.7 Å². The number of carbonyl (C=O) groups is 2. The van der Waals surface area contributed by atoms with Gasteiger partial charge in [-0.3, -0.25) is 14.3 Å². The number of aryl methyl sites for hydroxylation is 1. The molecule has 0 aliphatic carbocycles. The Kier molecular flexibility index (Phi) is 5.12. The second kappa shape index (κ2) is 6.62. The predicted octanol–water partition coefficient (Wildman–Crippen LogP) is -0.607. The van der Waals surface area contributed by atoms with E-state index in [9.17, 15) is 9.59 Å². The fourth-order valence-electron chi connectivity index (χ4n) is 1.18. The van der Waals surface area contributed by atoms with Crippen molar-refractivity contribution in [2.75, 3.05) is 13.6 Å². The summed E-state index contributed by atoms with van der Waals surface area (Å²) in [6.07, 6.45) is 2.77. The third-order valence-electron chi connectivity index (χ3n) is 2.25. The van der Waals surface area contributed by atoms with Crippen LogP contribution in [0.15, 0.2) is 6.20 Å². The van der Waals surface area contributed by atoms with E-state index in [0.29, 0.717) is 19.5 Å². The maximum atomic E-state index is 11.4. The van der Waals surface area contributed by atoms with E-state index in [1.165, 1.54) is 4.90 Å². The molecular weight excluding hydrogens is 222 g/mol. The molecule has 1 rings (SSSR count). The summed E-state index contributed by atoms with van der Waals surface area (Å²) in [5, 5.41) is 10.5. The van der Waals surface area contributed by atoms with Crippen LogP contribution in [0.1, 0.15) is 19.0 Å². The first-order valence-corrected chi connectivity index (χ1v) is 5.47. The number of amides is 2. The van der Waals surface area contributed by atoms with Crippen molar-refractivity contribution in [3.63, 3.8) is 0 Å². The van der Waals surface area contributed by atoms with Crippen molar-refractivity contribution in [3.05, 3.63) is 11.9 Å². The Balaban J connectivity index is 2.25. The summed E-state index contributed by atoms with van der Waals surface area (Å²) in [6, 6.07) is 0. The molecule has 0 aliphatic rings. The van der Waals surface area contributed by atoms with Gasteiger partial charge in [0, 0.05) is 26.6 Å². The summed E-state index contributed by atoms with van der Waals surface area (Å²) in [5.74, 6) is -0.107. The summed E-state index contributed by atoms with van der Waals surface area (Å²) in [6.45, 7) is 3.50. The lowest BCUT2D eigenvalue weighted by atomic mass is 10.3. The van der Waals surface area contributed by atoms with Crippen molar-refractivity contribution in [3.8, 4) is 0 Å². The quantitative estimate of drug-likeness (QED) is 0.644. The highest BCUT2D eigenvalue weighted by Crippen LogP contribution is 1.93. The normalized spacial score (nSPS) is 10.0. The largest absolute Gasteiger partial charge is 0.350 e. The van der Waals surface area contributed by atoms with Gasteiger partial charge in [-0.15, -0.1) is 5.10 Å². The molecule has 7 nitrogen and oxygen atoms in total. The molecule has 0 spiro atoms. The number of nitrogens with one attached hydrogen (secondary N) is 1. The van der Waals surface area contributed by atoms with Gasteiger partial charge < -0.3 is 10.2 Å². The fourth-order valence-corrected chi connectivity index (χ4v) is 1.18. The van der Waals surface area contributed by atoms with Gasteiger partial charge in [0.2, 0.25) is 12.3 Å². The van der Waals surface area contributed by atoms with Gasteiger partial charge >= 0.3 is 0 Å². The third-order valence-corrected chi connectivity index (χ3v) is 2.25. The second-order valence-electron chi connectivity index (χ2n) is 3.68. The Morgan fingerprint density at radius 1 is 1.65 bits per heavy atom. The number of nitrogens with zero attached hydrogens (tertiary/aromatic N) is 4. The lowest BCUT2D eigenvalue weighted by molar-refractivity contribution is -0.122. The smallest absolute Gasteiger partial charge is 0.222 e. The van der Waals surface area contributed by atoms with Crippen LogP contribution in [0.4, 0.5) is 0 Å². The van der Waals surface area contributed by atoms with Crippen LogP contribution < -0.4 is 5.32 Å². The summed E-state index contributed by atoms with van der Waals surface area (Å²) in [4.78, 5) is 23.1. The number of rotatable bonds is 7. The fraction of sp³-hybridized carbons (Fsp3) is 0.600. The summed E-state index contributed by atoms with van der Waals surface area (Å²) in [7, 11) is 1.63. The number of hydrogen-bond acceptors (Lipinski definition) is 4. The monoisotopic (exact) mass is 239 g/mol. The topological polar surface area (TPSA) is 80.1 Å². The van der Waals surface area contributed by atoms with E-state index in [2.05, 4.69) is 15.6 Å². The zero-order chi connectivity index (χ0) is 12.7. The molecule has 0 unspecified atom stereocenters. The molecule has 1 N–H and O–H groups in total. The minimum Gasteiger partial charge on any atom is -0.350 e. The first kappa shape index (κ1) is 13.1. The van der Waals surface area contributed by atoms with Crippen LogP contribution in [0.25, 0.3) is 0 Å².